The number of unbranched alkanes of at least 4 members (excludes halogenated alkanes) is 14. The molecule has 6 unspecified atom stereocenters. The first kappa shape index (κ1) is 70.1. The van der Waals surface area contributed by atoms with E-state index in [-0.39, 0.29) is 25.9 Å². The molecule has 0 amide bonds. The predicted octanol–water partition coefficient (Wildman–Crippen LogP) is 15.2. The number of hydrogen-bond acceptors (Lipinski definition) is 11. The Hall–Kier alpha value is -4.88. The number of esters is 3. The van der Waals surface area contributed by atoms with E-state index >= 15 is 0 Å². The van der Waals surface area contributed by atoms with Crippen LogP contribution >= 0.6 is 0 Å². The number of ether oxygens (including phenoxy) is 5. The lowest BCUT2D eigenvalue weighted by Gasteiger charge is -2.40. The quantitative estimate of drug-likeness (QED) is 0.0228. The van der Waals surface area contributed by atoms with E-state index in [0.29, 0.717) is 19.3 Å². The van der Waals surface area contributed by atoms with E-state index in [0.717, 1.165) is 141 Å². The molecule has 12 nitrogen and oxygen atoms in total. The predicted molar refractivity (Wildman–Crippen MR) is 312 cm³/mol. The molecule has 1 rings (SSSR count). The number of carboxylic acid groups (broad SMARTS) is 1. The average Bonchev–Trinajstić information content (AvgIpc) is 3.41. The van der Waals surface area contributed by atoms with Crippen LogP contribution in [-0.4, -0.2) is 89.2 Å². The molecule has 0 bridgehead atoms. The second-order valence-electron chi connectivity index (χ2n) is 19.5. The first-order valence-corrected chi connectivity index (χ1v) is 29.5. The van der Waals surface area contributed by atoms with E-state index in [1.807, 2.05) is 0 Å². The summed E-state index contributed by atoms with van der Waals surface area (Å²) in [4.78, 5) is 51.1. The summed E-state index contributed by atoms with van der Waals surface area (Å²) in [5, 5.41) is 31.5. The van der Waals surface area contributed by atoms with Crippen LogP contribution in [0, 0.1) is 0 Å². The molecule has 434 valence electrons. The van der Waals surface area contributed by atoms with Gasteiger partial charge in [-0.2, -0.15) is 0 Å². The van der Waals surface area contributed by atoms with Crippen LogP contribution in [0.2, 0.25) is 0 Å². The van der Waals surface area contributed by atoms with Gasteiger partial charge >= 0.3 is 23.9 Å². The summed E-state index contributed by atoms with van der Waals surface area (Å²) in [6.07, 6.45) is 58.8. The normalized spacial score (nSPS) is 18.9. The molecule has 12 heteroatoms. The van der Waals surface area contributed by atoms with Crippen LogP contribution in [0.3, 0.4) is 0 Å². The van der Waals surface area contributed by atoms with Gasteiger partial charge in [-0.25, -0.2) is 4.79 Å². The second-order valence-corrected chi connectivity index (χ2v) is 19.5. The lowest BCUT2D eigenvalue weighted by molar-refractivity contribution is -0.301. The monoisotopic (exact) mass is 1070 g/mol. The van der Waals surface area contributed by atoms with E-state index in [2.05, 4.69) is 142 Å². The van der Waals surface area contributed by atoms with Crippen molar-refractivity contribution in [3.05, 3.63) is 122 Å². The molecule has 6 atom stereocenters. The topological polar surface area (TPSA) is 175 Å². The minimum absolute atomic E-state index is 0.0219. The number of carbonyl (C=O) groups excluding carboxylic acids is 3. The fourth-order valence-electron chi connectivity index (χ4n) is 8.01. The summed E-state index contributed by atoms with van der Waals surface area (Å²) < 4.78 is 28.3. The number of carbonyl (C=O) groups is 4. The first-order valence-electron chi connectivity index (χ1n) is 29.5. The molecule has 3 N–H and O–H groups in total. The molecule has 0 radical (unpaired) electrons. The van der Waals surface area contributed by atoms with Gasteiger partial charge in [-0.05, 0) is 122 Å². The zero-order valence-corrected chi connectivity index (χ0v) is 47.7. The third-order valence-electron chi connectivity index (χ3n) is 12.5. The van der Waals surface area contributed by atoms with Crippen molar-refractivity contribution in [3.8, 4) is 0 Å². The van der Waals surface area contributed by atoms with Crippen molar-refractivity contribution in [3.63, 3.8) is 0 Å². The van der Waals surface area contributed by atoms with Crippen LogP contribution < -0.4 is 0 Å². The van der Waals surface area contributed by atoms with Crippen molar-refractivity contribution >= 4 is 23.9 Å². The number of aliphatic hydroxyl groups is 2. The Labute approximate surface area is 465 Å². The van der Waals surface area contributed by atoms with Crippen LogP contribution in [0.15, 0.2) is 122 Å². The third-order valence-corrected chi connectivity index (χ3v) is 12.5. The van der Waals surface area contributed by atoms with Crippen LogP contribution in [-0.2, 0) is 42.9 Å². The van der Waals surface area contributed by atoms with Gasteiger partial charge < -0.3 is 39.0 Å². The summed E-state index contributed by atoms with van der Waals surface area (Å²) in [5.41, 5.74) is 0. The standard InChI is InChI=1S/C65H102O12/c1-4-7-10-13-16-19-22-24-26-28-29-31-32-34-37-39-42-45-48-51-57(66)73-54-56(75-58(67)52-49-46-43-40-36-21-18-15-12-9-6-3)55-74-65-63(61(70)60(69)62(77-65)64(71)72)76-59(68)53-50-47-44-41-38-35-33-30-27-25-23-20-17-14-11-8-5-2/h7-8,10-11,15-20,24-27,29,31,33-35,37,56,60-63,65,69-70H,4-6,9,12-14,21-23,28,30,32,36,38-55H2,1-3H3,(H,71,72)/b10-7-,11-8-,18-15-,19-16-,20-17-,26-24-,27-25-,31-29-,35-33-,37-34-. The van der Waals surface area contributed by atoms with E-state index in [1.165, 1.54) is 12.8 Å². The maximum atomic E-state index is 13.1. The van der Waals surface area contributed by atoms with Crippen LogP contribution in [0.1, 0.15) is 213 Å². The van der Waals surface area contributed by atoms with E-state index in [1.54, 1.807) is 0 Å². The molecule has 0 aromatic heterocycles. The highest BCUT2D eigenvalue weighted by Gasteiger charge is 2.50. The molecule has 77 heavy (non-hydrogen) atoms. The molecule has 1 heterocycles. The van der Waals surface area contributed by atoms with Crippen LogP contribution in [0.4, 0.5) is 0 Å². The third kappa shape index (κ3) is 41.8. The van der Waals surface area contributed by atoms with Crippen molar-refractivity contribution in [2.45, 2.75) is 250 Å². The minimum atomic E-state index is -1.92. The van der Waals surface area contributed by atoms with Gasteiger partial charge in [0.25, 0.3) is 0 Å². The molecule has 0 saturated carbocycles. The Morgan fingerprint density at radius 1 is 0.442 bits per heavy atom. The van der Waals surface area contributed by atoms with Crippen molar-refractivity contribution < 1.29 is 58.2 Å². The van der Waals surface area contributed by atoms with Gasteiger partial charge in [-0.1, -0.05) is 194 Å². The summed E-state index contributed by atoms with van der Waals surface area (Å²) >= 11 is 0. The van der Waals surface area contributed by atoms with Gasteiger partial charge in [0.05, 0.1) is 6.61 Å². The molecule has 1 fully saturated rings. The van der Waals surface area contributed by atoms with Crippen molar-refractivity contribution in [2.75, 3.05) is 13.2 Å². The highest BCUT2D eigenvalue weighted by molar-refractivity contribution is 5.74. The molecule has 0 spiro atoms. The fraction of sp³-hybridized carbons (Fsp3) is 0.631. The first-order chi connectivity index (χ1) is 37.6. The van der Waals surface area contributed by atoms with E-state index in [9.17, 15) is 34.5 Å². The van der Waals surface area contributed by atoms with Gasteiger partial charge in [0.15, 0.2) is 24.6 Å². The van der Waals surface area contributed by atoms with E-state index < -0.39 is 67.3 Å². The number of aliphatic carboxylic acids is 1. The summed E-state index contributed by atoms with van der Waals surface area (Å²) in [7, 11) is 0. The highest BCUT2D eigenvalue weighted by Crippen LogP contribution is 2.26. The number of aliphatic hydroxyl groups excluding tert-OH is 2. The fourth-order valence-corrected chi connectivity index (χ4v) is 8.01. The maximum absolute atomic E-state index is 13.1. The lowest BCUT2D eigenvalue weighted by Crippen LogP contribution is -2.61. The maximum Gasteiger partial charge on any atom is 0.335 e. The largest absolute Gasteiger partial charge is 0.479 e. The van der Waals surface area contributed by atoms with Crippen molar-refractivity contribution in [1.82, 2.24) is 0 Å². The minimum Gasteiger partial charge on any atom is -0.479 e. The number of rotatable bonds is 48. The molecular weight excluding hydrogens is 973 g/mol. The smallest absolute Gasteiger partial charge is 0.335 e. The van der Waals surface area contributed by atoms with Gasteiger partial charge in [-0.15, -0.1) is 0 Å². The Morgan fingerprint density at radius 2 is 0.818 bits per heavy atom. The van der Waals surface area contributed by atoms with Gasteiger partial charge in [0.2, 0.25) is 0 Å². The summed E-state index contributed by atoms with van der Waals surface area (Å²) in [5.74, 6) is -3.22. The number of allylic oxidation sites excluding steroid dienone is 20. The summed E-state index contributed by atoms with van der Waals surface area (Å²) in [6, 6.07) is 0. The zero-order chi connectivity index (χ0) is 56.1. The molecule has 1 aliphatic heterocycles. The highest BCUT2D eigenvalue weighted by atomic mass is 16.7. The second kappa shape index (κ2) is 51.9. The Morgan fingerprint density at radius 3 is 1.27 bits per heavy atom. The van der Waals surface area contributed by atoms with Crippen LogP contribution in [0.25, 0.3) is 0 Å². The summed E-state index contributed by atoms with van der Waals surface area (Å²) in [6.45, 7) is 5.66. The average molecular weight is 1080 g/mol. The van der Waals surface area contributed by atoms with Crippen molar-refractivity contribution in [1.29, 1.82) is 0 Å². The Bertz CT molecular complexity index is 1800. The lowest BCUT2D eigenvalue weighted by atomic mass is 9.98. The number of carboxylic acids is 1. The molecule has 0 aliphatic carbocycles. The van der Waals surface area contributed by atoms with Crippen molar-refractivity contribution in [2.24, 2.45) is 0 Å². The number of hydrogen-bond donors (Lipinski definition) is 3. The van der Waals surface area contributed by atoms with Gasteiger partial charge in [-0.3, -0.25) is 14.4 Å². The van der Waals surface area contributed by atoms with Crippen LogP contribution in [0.5, 0.6) is 0 Å². The molecule has 0 aromatic carbocycles. The SMILES string of the molecule is CC/C=C\C/C=C\C/C=C\C/C=C\C/C=C\CCCCCC(=O)OCC(COC1OC(C(=O)O)C(O)C(O)C1OC(=O)CCCCCC/C=C\C/C=C\C/C=C\C/C=C\CC)OC(=O)CCCCCCC/C=C\CCCC. The molecule has 1 aliphatic rings. The molecule has 0 aromatic rings. The Kier molecular flexibility index (Phi) is 47.2. The Balaban J connectivity index is 2.71. The zero-order valence-electron chi connectivity index (χ0n) is 47.7. The van der Waals surface area contributed by atoms with Gasteiger partial charge in [0.1, 0.15) is 18.8 Å². The van der Waals surface area contributed by atoms with Gasteiger partial charge in [0, 0.05) is 19.3 Å². The molecular formula is C65H102O12. The van der Waals surface area contributed by atoms with E-state index in [4.69, 9.17) is 23.7 Å². The molecule has 1 saturated heterocycles.